The van der Waals surface area contributed by atoms with Crippen molar-refractivity contribution in [2.24, 2.45) is 0 Å². The van der Waals surface area contributed by atoms with Gasteiger partial charge < -0.3 is 9.84 Å². The Morgan fingerprint density at radius 1 is 1.14 bits per heavy atom. The number of carboxylic acid groups (broad SMARTS) is 1. The number of unbranched alkanes of at least 4 members (excludes halogenated alkanes) is 6. The van der Waals surface area contributed by atoms with Crippen molar-refractivity contribution in [1.29, 1.82) is 0 Å². The maximum absolute atomic E-state index is 10.6. The molecule has 0 atom stereocenters. The largest absolute Gasteiger partial charge is 0.482 e. The van der Waals surface area contributed by atoms with Gasteiger partial charge in [0, 0.05) is 5.02 Å². The summed E-state index contributed by atoms with van der Waals surface area (Å²) < 4.78 is 5.31. The number of hydrogen-bond acceptors (Lipinski definition) is 2. The van der Waals surface area contributed by atoms with Crippen LogP contribution in [0.4, 0.5) is 0 Å². The molecule has 0 heterocycles. The quantitative estimate of drug-likeness (QED) is 0.578. The molecule has 0 unspecified atom stereocenters. The van der Waals surface area contributed by atoms with Crippen molar-refractivity contribution in [2.45, 2.75) is 58.3 Å². The summed E-state index contributed by atoms with van der Waals surface area (Å²) in [5.74, 6) is -0.334. The average Bonchev–Trinajstić information content (AvgIpc) is 2.45. The third kappa shape index (κ3) is 7.96. The van der Waals surface area contributed by atoms with Gasteiger partial charge in [-0.25, -0.2) is 4.79 Å². The zero-order chi connectivity index (χ0) is 15.5. The zero-order valence-corrected chi connectivity index (χ0v) is 13.5. The van der Waals surface area contributed by atoms with Crippen LogP contribution < -0.4 is 4.74 Å². The molecule has 0 amide bonds. The first-order valence-corrected chi connectivity index (χ1v) is 8.14. The molecule has 3 nitrogen and oxygen atoms in total. The number of ether oxygens (including phenoxy) is 1. The van der Waals surface area contributed by atoms with E-state index in [1.54, 1.807) is 12.1 Å². The van der Waals surface area contributed by atoms with E-state index in [0.29, 0.717) is 10.8 Å². The number of halogens is 1. The number of aliphatic carboxylic acids is 1. The van der Waals surface area contributed by atoms with Gasteiger partial charge in [-0.3, -0.25) is 0 Å². The molecular weight excluding hydrogens is 288 g/mol. The van der Waals surface area contributed by atoms with E-state index in [9.17, 15) is 4.79 Å². The Morgan fingerprint density at radius 2 is 1.81 bits per heavy atom. The summed E-state index contributed by atoms with van der Waals surface area (Å²) in [5, 5.41) is 9.35. The molecule has 0 bridgehead atoms. The van der Waals surface area contributed by atoms with Gasteiger partial charge in [-0.15, -0.1) is 0 Å². The molecule has 0 aliphatic heterocycles. The standard InChI is InChI=1S/C17H25ClO3/c1-2-3-4-5-6-7-8-9-14-12-15(18)10-11-16(14)21-13-17(19)20/h10-12H,2-9,13H2,1H3,(H,19,20). The Morgan fingerprint density at radius 3 is 2.48 bits per heavy atom. The summed E-state index contributed by atoms with van der Waals surface area (Å²) in [7, 11) is 0. The van der Waals surface area contributed by atoms with Crippen molar-refractivity contribution in [3.8, 4) is 5.75 Å². The highest BCUT2D eigenvalue weighted by atomic mass is 35.5. The molecule has 0 spiro atoms. The molecule has 0 aromatic heterocycles. The highest BCUT2D eigenvalue weighted by Crippen LogP contribution is 2.25. The second-order valence-corrected chi connectivity index (χ2v) is 5.74. The molecule has 4 heteroatoms. The van der Waals surface area contributed by atoms with Crippen molar-refractivity contribution in [2.75, 3.05) is 6.61 Å². The molecule has 1 aromatic carbocycles. The first-order valence-electron chi connectivity index (χ1n) is 7.76. The van der Waals surface area contributed by atoms with Crippen LogP contribution in [0, 0.1) is 0 Å². The van der Waals surface area contributed by atoms with Crippen LogP contribution in [-0.2, 0) is 11.2 Å². The lowest BCUT2D eigenvalue weighted by atomic mass is 10.0. The second-order valence-electron chi connectivity index (χ2n) is 5.31. The van der Waals surface area contributed by atoms with Crippen molar-refractivity contribution in [1.82, 2.24) is 0 Å². The van der Waals surface area contributed by atoms with E-state index in [1.807, 2.05) is 6.07 Å². The molecule has 1 aromatic rings. The number of hydrogen-bond donors (Lipinski definition) is 1. The fourth-order valence-electron chi connectivity index (χ4n) is 2.30. The van der Waals surface area contributed by atoms with Crippen molar-refractivity contribution < 1.29 is 14.6 Å². The predicted octanol–water partition coefficient (Wildman–Crippen LogP) is 5.10. The first kappa shape index (κ1) is 17.8. The molecule has 118 valence electrons. The van der Waals surface area contributed by atoms with Crippen molar-refractivity contribution in [3.05, 3.63) is 28.8 Å². The van der Waals surface area contributed by atoms with Crippen LogP contribution in [0.2, 0.25) is 5.02 Å². The first-order chi connectivity index (χ1) is 10.1. The predicted molar refractivity (Wildman–Crippen MR) is 86.3 cm³/mol. The molecule has 0 radical (unpaired) electrons. The van der Waals surface area contributed by atoms with Gasteiger partial charge in [0.25, 0.3) is 0 Å². The summed E-state index contributed by atoms with van der Waals surface area (Å²) in [4.78, 5) is 10.6. The van der Waals surface area contributed by atoms with Gasteiger partial charge in [0.1, 0.15) is 5.75 Å². The second kappa shape index (κ2) is 10.5. The van der Waals surface area contributed by atoms with Gasteiger partial charge in [-0.05, 0) is 36.6 Å². The Kier molecular flexibility index (Phi) is 8.91. The lowest BCUT2D eigenvalue weighted by molar-refractivity contribution is -0.139. The zero-order valence-electron chi connectivity index (χ0n) is 12.7. The molecule has 21 heavy (non-hydrogen) atoms. The summed E-state index contributed by atoms with van der Waals surface area (Å²) in [5.41, 5.74) is 0.998. The Labute approximate surface area is 132 Å². The molecule has 0 saturated carbocycles. The molecule has 0 saturated heterocycles. The lowest BCUT2D eigenvalue weighted by Crippen LogP contribution is -2.10. The summed E-state index contributed by atoms with van der Waals surface area (Å²) in [6.07, 6.45) is 9.61. The Hall–Kier alpha value is -1.22. The smallest absolute Gasteiger partial charge is 0.341 e. The van der Waals surface area contributed by atoms with Crippen LogP contribution in [0.5, 0.6) is 5.75 Å². The van der Waals surface area contributed by atoms with Crippen molar-refractivity contribution in [3.63, 3.8) is 0 Å². The van der Waals surface area contributed by atoms with Gasteiger partial charge in [0.05, 0.1) is 0 Å². The number of rotatable bonds is 11. The SMILES string of the molecule is CCCCCCCCCc1cc(Cl)ccc1OCC(=O)O. The summed E-state index contributed by atoms with van der Waals surface area (Å²) >= 11 is 6.00. The normalized spacial score (nSPS) is 10.6. The number of carboxylic acids is 1. The van der Waals surface area contributed by atoms with Gasteiger partial charge in [-0.1, -0.05) is 57.0 Å². The summed E-state index contributed by atoms with van der Waals surface area (Å²) in [6.45, 7) is 1.91. The number of carbonyl (C=O) groups is 1. The number of benzene rings is 1. The Bertz CT molecular complexity index is 432. The van der Waals surface area contributed by atoms with Gasteiger partial charge in [-0.2, -0.15) is 0 Å². The molecule has 0 fully saturated rings. The monoisotopic (exact) mass is 312 g/mol. The van der Waals surface area contributed by atoms with Crippen LogP contribution >= 0.6 is 11.6 Å². The van der Waals surface area contributed by atoms with E-state index in [0.717, 1.165) is 18.4 Å². The average molecular weight is 313 g/mol. The van der Waals surface area contributed by atoms with Crippen LogP contribution in [0.25, 0.3) is 0 Å². The lowest BCUT2D eigenvalue weighted by Gasteiger charge is -2.10. The van der Waals surface area contributed by atoms with E-state index >= 15 is 0 Å². The summed E-state index contributed by atoms with van der Waals surface area (Å²) in [6, 6.07) is 5.35. The van der Waals surface area contributed by atoms with Crippen LogP contribution in [0.3, 0.4) is 0 Å². The molecule has 1 rings (SSSR count). The minimum Gasteiger partial charge on any atom is -0.482 e. The van der Waals surface area contributed by atoms with E-state index in [4.69, 9.17) is 21.4 Å². The van der Waals surface area contributed by atoms with Crippen LogP contribution in [0.1, 0.15) is 57.4 Å². The van der Waals surface area contributed by atoms with E-state index in [1.165, 1.54) is 38.5 Å². The third-order valence-corrected chi connectivity index (χ3v) is 3.66. The van der Waals surface area contributed by atoms with Gasteiger partial charge in [0.2, 0.25) is 0 Å². The maximum Gasteiger partial charge on any atom is 0.341 e. The maximum atomic E-state index is 10.6. The minimum atomic E-state index is -0.966. The minimum absolute atomic E-state index is 0.314. The fraction of sp³-hybridized carbons (Fsp3) is 0.588. The molecular formula is C17H25ClO3. The third-order valence-electron chi connectivity index (χ3n) is 3.42. The van der Waals surface area contributed by atoms with Crippen LogP contribution in [0.15, 0.2) is 18.2 Å². The van der Waals surface area contributed by atoms with Gasteiger partial charge in [0.15, 0.2) is 6.61 Å². The van der Waals surface area contributed by atoms with Gasteiger partial charge >= 0.3 is 5.97 Å². The highest BCUT2D eigenvalue weighted by molar-refractivity contribution is 6.30. The fourth-order valence-corrected chi connectivity index (χ4v) is 2.49. The Balaban J connectivity index is 2.38. The molecule has 0 aliphatic carbocycles. The van der Waals surface area contributed by atoms with E-state index in [-0.39, 0.29) is 6.61 Å². The topological polar surface area (TPSA) is 46.5 Å². The van der Waals surface area contributed by atoms with E-state index < -0.39 is 5.97 Å². The van der Waals surface area contributed by atoms with Crippen molar-refractivity contribution >= 4 is 17.6 Å². The van der Waals surface area contributed by atoms with E-state index in [2.05, 4.69) is 6.92 Å². The number of aryl methyl sites for hydroxylation is 1. The molecule has 0 aliphatic rings. The molecule has 1 N–H and O–H groups in total. The highest BCUT2D eigenvalue weighted by Gasteiger charge is 2.07. The van der Waals surface area contributed by atoms with Crippen LogP contribution in [-0.4, -0.2) is 17.7 Å².